The molecule has 0 N–H and O–H groups in total. The van der Waals surface area contributed by atoms with Gasteiger partial charge in [-0.05, 0) is 36.6 Å². The first-order valence-corrected chi connectivity index (χ1v) is 12.2. The Hall–Kier alpha value is -3.02. The summed E-state index contributed by atoms with van der Waals surface area (Å²) in [5, 5.41) is 0. The van der Waals surface area contributed by atoms with Gasteiger partial charge in [-0.1, -0.05) is 64.2 Å². The van der Waals surface area contributed by atoms with Gasteiger partial charge in [-0.15, -0.1) is 0 Å². The standard InChI is InChI=1S/C28H37BO5/c1-6-7-8-9-10-11-12-13-20-14-15-22-19(2)26(34-29)27(33-23(22)16-20)21-17-24(30-3)28(32-5)25(18-21)31-4/h14-18H,2,6-13,29H2,1,3-5H3. The lowest BCUT2D eigenvalue weighted by Gasteiger charge is -2.26. The van der Waals surface area contributed by atoms with Crippen molar-refractivity contribution < 1.29 is 23.6 Å². The molecule has 0 bridgehead atoms. The van der Waals surface area contributed by atoms with Gasteiger partial charge < -0.3 is 23.6 Å². The third-order valence-electron chi connectivity index (χ3n) is 6.26. The maximum atomic E-state index is 6.42. The Morgan fingerprint density at radius 3 is 2.09 bits per heavy atom. The number of methoxy groups -OCH3 is 3. The molecular formula is C28H37BO5. The summed E-state index contributed by atoms with van der Waals surface area (Å²) in [6.45, 7) is 6.55. The van der Waals surface area contributed by atoms with E-state index >= 15 is 0 Å². The summed E-state index contributed by atoms with van der Waals surface area (Å²) in [7, 11) is 6.40. The first kappa shape index (κ1) is 25.6. The van der Waals surface area contributed by atoms with Crippen molar-refractivity contribution in [3.8, 4) is 23.0 Å². The number of unbranched alkanes of at least 4 members (excludes halogenated alkanes) is 6. The maximum Gasteiger partial charge on any atom is 0.322 e. The number of fused-ring (bicyclic) bond motifs is 1. The zero-order valence-electron chi connectivity index (χ0n) is 21.3. The van der Waals surface area contributed by atoms with Gasteiger partial charge >= 0.3 is 8.05 Å². The van der Waals surface area contributed by atoms with Crippen LogP contribution >= 0.6 is 0 Å². The highest BCUT2D eigenvalue weighted by Gasteiger charge is 2.27. The number of aryl methyl sites for hydroxylation is 1. The van der Waals surface area contributed by atoms with Gasteiger partial charge in [-0.25, -0.2) is 0 Å². The first-order valence-electron chi connectivity index (χ1n) is 12.2. The Balaban J connectivity index is 1.83. The molecule has 0 atom stereocenters. The smallest absolute Gasteiger partial charge is 0.322 e. The molecule has 0 unspecified atom stereocenters. The topological polar surface area (TPSA) is 46.2 Å². The van der Waals surface area contributed by atoms with E-state index in [0.717, 1.165) is 28.9 Å². The van der Waals surface area contributed by atoms with E-state index in [-0.39, 0.29) is 0 Å². The van der Waals surface area contributed by atoms with E-state index in [2.05, 4.69) is 31.7 Å². The summed E-state index contributed by atoms with van der Waals surface area (Å²) in [5.41, 5.74) is 3.76. The van der Waals surface area contributed by atoms with E-state index in [0.29, 0.717) is 28.8 Å². The molecule has 182 valence electrons. The molecule has 0 spiro atoms. The minimum atomic E-state index is 0.528. The zero-order chi connectivity index (χ0) is 24.5. The molecule has 5 nitrogen and oxygen atoms in total. The zero-order valence-corrected chi connectivity index (χ0v) is 21.3. The van der Waals surface area contributed by atoms with Crippen LogP contribution in [0.25, 0.3) is 11.3 Å². The molecule has 2 aromatic carbocycles. The lowest BCUT2D eigenvalue weighted by molar-refractivity contribution is 0.324. The van der Waals surface area contributed by atoms with Gasteiger partial charge in [0.05, 0.1) is 21.3 Å². The molecule has 0 saturated heterocycles. The molecule has 34 heavy (non-hydrogen) atoms. The second kappa shape index (κ2) is 12.4. The molecule has 0 aromatic heterocycles. The van der Waals surface area contributed by atoms with E-state index in [1.54, 1.807) is 29.4 Å². The van der Waals surface area contributed by atoms with Crippen molar-refractivity contribution in [1.82, 2.24) is 0 Å². The Kier molecular flexibility index (Phi) is 9.37. The van der Waals surface area contributed by atoms with Gasteiger partial charge in [-0.3, -0.25) is 0 Å². The van der Waals surface area contributed by atoms with Crippen LogP contribution in [0.2, 0.25) is 0 Å². The van der Waals surface area contributed by atoms with Crippen LogP contribution in [-0.4, -0.2) is 29.4 Å². The number of hydrogen-bond acceptors (Lipinski definition) is 5. The molecule has 6 heteroatoms. The van der Waals surface area contributed by atoms with Crippen LogP contribution < -0.4 is 18.9 Å². The highest BCUT2D eigenvalue weighted by Crippen LogP contribution is 2.45. The average Bonchev–Trinajstić information content (AvgIpc) is 2.86. The summed E-state index contributed by atoms with van der Waals surface area (Å²) in [5.74, 6) is 3.57. The van der Waals surface area contributed by atoms with Crippen LogP contribution in [-0.2, 0) is 11.1 Å². The molecule has 0 aliphatic carbocycles. The Labute approximate surface area is 205 Å². The van der Waals surface area contributed by atoms with E-state index in [1.165, 1.54) is 50.5 Å². The average molecular weight is 464 g/mol. The largest absolute Gasteiger partial charge is 0.565 e. The van der Waals surface area contributed by atoms with Gasteiger partial charge in [0.25, 0.3) is 0 Å². The van der Waals surface area contributed by atoms with Crippen LogP contribution in [0.1, 0.15) is 68.6 Å². The van der Waals surface area contributed by atoms with Crippen LogP contribution in [0.5, 0.6) is 23.0 Å². The van der Waals surface area contributed by atoms with Crippen molar-refractivity contribution in [2.24, 2.45) is 0 Å². The summed E-state index contributed by atoms with van der Waals surface area (Å²) in [4.78, 5) is 0. The van der Waals surface area contributed by atoms with E-state index < -0.39 is 0 Å². The molecular weight excluding hydrogens is 427 g/mol. The fourth-order valence-corrected chi connectivity index (χ4v) is 4.38. The van der Waals surface area contributed by atoms with Crippen LogP contribution in [0, 0.1) is 0 Å². The fourth-order valence-electron chi connectivity index (χ4n) is 4.38. The Bertz CT molecular complexity index is 1000. The third kappa shape index (κ3) is 5.72. The minimum absolute atomic E-state index is 0.528. The normalized spacial score (nSPS) is 12.8. The molecule has 0 radical (unpaired) electrons. The van der Waals surface area contributed by atoms with E-state index in [1.807, 2.05) is 12.1 Å². The highest BCUT2D eigenvalue weighted by atomic mass is 16.5. The fraction of sp³-hybridized carbons (Fsp3) is 0.429. The van der Waals surface area contributed by atoms with Gasteiger partial charge in [0, 0.05) is 16.7 Å². The number of allylic oxidation sites excluding steroid dienone is 1. The van der Waals surface area contributed by atoms with Crippen LogP contribution in [0.3, 0.4) is 0 Å². The molecule has 0 saturated carbocycles. The van der Waals surface area contributed by atoms with Crippen molar-refractivity contribution in [2.75, 3.05) is 21.3 Å². The van der Waals surface area contributed by atoms with Crippen molar-refractivity contribution in [2.45, 2.75) is 58.3 Å². The quantitative estimate of drug-likeness (QED) is 0.256. The minimum Gasteiger partial charge on any atom is -0.565 e. The number of ether oxygens (including phenoxy) is 4. The molecule has 1 aliphatic heterocycles. The van der Waals surface area contributed by atoms with E-state index in [4.69, 9.17) is 23.6 Å². The summed E-state index contributed by atoms with van der Waals surface area (Å²) in [6, 6.07) is 10.1. The lowest BCUT2D eigenvalue weighted by atomic mass is 9.95. The summed E-state index contributed by atoms with van der Waals surface area (Å²) >= 11 is 0. The van der Waals surface area contributed by atoms with Crippen molar-refractivity contribution >= 4 is 19.4 Å². The van der Waals surface area contributed by atoms with Crippen molar-refractivity contribution in [1.29, 1.82) is 0 Å². The van der Waals surface area contributed by atoms with Crippen molar-refractivity contribution in [3.63, 3.8) is 0 Å². The molecule has 3 rings (SSSR count). The van der Waals surface area contributed by atoms with Crippen molar-refractivity contribution in [3.05, 3.63) is 59.4 Å². The maximum absolute atomic E-state index is 6.42. The monoisotopic (exact) mass is 464 g/mol. The van der Waals surface area contributed by atoms with Gasteiger partial charge in [0.15, 0.2) is 23.0 Å². The first-order chi connectivity index (χ1) is 16.6. The molecule has 2 aromatic rings. The SMILES string of the molecule is BOC1=C(c2cc(OC)c(OC)c(OC)c2)Oc2cc(CCCCCCCCC)ccc2C1=C. The predicted molar refractivity (Wildman–Crippen MR) is 140 cm³/mol. The van der Waals surface area contributed by atoms with Gasteiger partial charge in [-0.2, -0.15) is 0 Å². The lowest BCUT2D eigenvalue weighted by Crippen LogP contribution is -2.11. The molecule has 0 fully saturated rings. The molecule has 1 aliphatic rings. The molecule has 0 amide bonds. The van der Waals surface area contributed by atoms with E-state index in [9.17, 15) is 0 Å². The van der Waals surface area contributed by atoms with Gasteiger partial charge in [0.1, 0.15) is 5.75 Å². The number of rotatable bonds is 13. The van der Waals surface area contributed by atoms with Crippen LogP contribution in [0.15, 0.2) is 42.7 Å². The second-order valence-electron chi connectivity index (χ2n) is 8.56. The Morgan fingerprint density at radius 1 is 0.853 bits per heavy atom. The predicted octanol–water partition coefficient (Wildman–Crippen LogP) is 6.34. The third-order valence-corrected chi connectivity index (χ3v) is 6.26. The van der Waals surface area contributed by atoms with Crippen LogP contribution in [0.4, 0.5) is 0 Å². The number of hydrogen-bond donors (Lipinski definition) is 0. The number of benzene rings is 2. The second-order valence-corrected chi connectivity index (χ2v) is 8.56. The summed E-state index contributed by atoms with van der Waals surface area (Å²) < 4.78 is 28.7. The highest BCUT2D eigenvalue weighted by molar-refractivity contribution is 6.03. The Morgan fingerprint density at radius 2 is 1.50 bits per heavy atom. The molecule has 1 heterocycles. The summed E-state index contributed by atoms with van der Waals surface area (Å²) in [6.07, 6.45) is 10.1. The van der Waals surface area contributed by atoms with Gasteiger partial charge in [0.2, 0.25) is 5.75 Å².